The van der Waals surface area contributed by atoms with Crippen LogP contribution in [0.3, 0.4) is 0 Å². The van der Waals surface area contributed by atoms with E-state index in [4.69, 9.17) is 4.74 Å². The van der Waals surface area contributed by atoms with Crippen molar-refractivity contribution in [2.75, 3.05) is 4.72 Å². The minimum Gasteiger partial charge on any atom is -0.455 e. The quantitative estimate of drug-likeness (QED) is 0.425. The second kappa shape index (κ2) is 8.70. The Labute approximate surface area is 187 Å². The van der Waals surface area contributed by atoms with Gasteiger partial charge in [0.2, 0.25) is 11.9 Å². The van der Waals surface area contributed by atoms with Crippen LogP contribution in [-0.2, 0) is 16.6 Å². The highest BCUT2D eigenvalue weighted by atomic mass is 32.2. The Bertz CT molecular complexity index is 1370. The number of aryl methyl sites for hydroxylation is 1. The first-order valence-corrected chi connectivity index (χ1v) is 11.3. The lowest BCUT2D eigenvalue weighted by atomic mass is 10.2. The van der Waals surface area contributed by atoms with Gasteiger partial charge in [-0.05, 0) is 31.2 Å². The fourth-order valence-corrected chi connectivity index (χ4v) is 4.16. The Morgan fingerprint density at radius 3 is 2.30 bits per heavy atom. The summed E-state index contributed by atoms with van der Waals surface area (Å²) in [5.74, 6) is -1.08. The molecule has 172 valence electrons. The van der Waals surface area contributed by atoms with Crippen LogP contribution in [-0.4, -0.2) is 34.1 Å². The molecule has 33 heavy (non-hydrogen) atoms. The van der Waals surface area contributed by atoms with Crippen molar-refractivity contribution in [3.05, 3.63) is 72.8 Å². The molecule has 0 amide bonds. The van der Waals surface area contributed by atoms with Crippen LogP contribution in [0.1, 0.15) is 18.7 Å². The molecular weight excluding hydrogens is 459 g/mol. The number of sulfonamides is 1. The predicted octanol–water partition coefficient (Wildman–Crippen LogP) is 4.33. The molecule has 2 heterocycles. The second-order valence-electron chi connectivity index (χ2n) is 6.93. The molecule has 1 N–H and O–H groups in total. The lowest BCUT2D eigenvalue weighted by Gasteiger charge is -2.23. The average Bonchev–Trinajstić information content (AvgIpc) is 3.25. The first kappa shape index (κ1) is 22.5. The number of para-hydroxylation sites is 2. The van der Waals surface area contributed by atoms with Gasteiger partial charge in [0.25, 0.3) is 15.9 Å². The molecule has 0 fully saturated rings. The molecule has 8 nitrogen and oxygen atoms in total. The molecule has 4 rings (SSSR count). The van der Waals surface area contributed by atoms with E-state index in [-0.39, 0.29) is 28.2 Å². The van der Waals surface area contributed by atoms with Crippen LogP contribution in [0.4, 0.5) is 19.0 Å². The first-order valence-electron chi connectivity index (χ1n) is 9.77. The maximum atomic E-state index is 14.0. The van der Waals surface area contributed by atoms with Crippen LogP contribution < -0.4 is 9.46 Å². The van der Waals surface area contributed by atoms with Crippen molar-refractivity contribution in [3.63, 3.8) is 0 Å². The van der Waals surface area contributed by atoms with E-state index in [0.29, 0.717) is 0 Å². The van der Waals surface area contributed by atoms with E-state index in [1.165, 1.54) is 41.2 Å². The molecule has 0 aliphatic rings. The summed E-state index contributed by atoms with van der Waals surface area (Å²) >= 11 is 0. The third-order valence-corrected chi connectivity index (χ3v) is 6.06. The van der Waals surface area contributed by atoms with Crippen molar-refractivity contribution in [2.45, 2.75) is 30.6 Å². The number of rotatable bonds is 7. The molecule has 1 unspecified atom stereocenters. The predicted molar refractivity (Wildman–Crippen MR) is 114 cm³/mol. The van der Waals surface area contributed by atoms with Gasteiger partial charge in [0, 0.05) is 6.54 Å². The van der Waals surface area contributed by atoms with E-state index >= 15 is 0 Å². The molecule has 4 aromatic rings. The van der Waals surface area contributed by atoms with E-state index in [9.17, 15) is 21.6 Å². The molecule has 2 aromatic heterocycles. The van der Waals surface area contributed by atoms with Crippen LogP contribution in [0.25, 0.3) is 11.0 Å². The fraction of sp³-hybridized carbons (Fsp3) is 0.190. The van der Waals surface area contributed by atoms with Crippen molar-refractivity contribution in [1.82, 2.24) is 19.5 Å². The topological polar surface area (TPSA) is 99.0 Å². The number of anilines is 1. The van der Waals surface area contributed by atoms with Crippen LogP contribution in [0, 0.1) is 0 Å². The lowest BCUT2D eigenvalue weighted by molar-refractivity contribution is -0.200. The second-order valence-corrected chi connectivity index (χ2v) is 8.61. The van der Waals surface area contributed by atoms with Crippen molar-refractivity contribution in [3.8, 4) is 5.88 Å². The summed E-state index contributed by atoms with van der Waals surface area (Å²) < 4.78 is 76.4. The van der Waals surface area contributed by atoms with Crippen LogP contribution in [0.2, 0.25) is 0 Å². The highest BCUT2D eigenvalue weighted by Crippen LogP contribution is 2.38. The summed E-state index contributed by atoms with van der Waals surface area (Å²) in [6.45, 7) is 1.88. The van der Waals surface area contributed by atoms with Crippen LogP contribution >= 0.6 is 0 Å². The van der Waals surface area contributed by atoms with Crippen molar-refractivity contribution in [2.24, 2.45) is 0 Å². The summed E-state index contributed by atoms with van der Waals surface area (Å²) in [4.78, 5) is 12.0. The number of alkyl halides is 3. The van der Waals surface area contributed by atoms with Gasteiger partial charge in [-0.15, -0.1) is 0 Å². The number of benzene rings is 2. The van der Waals surface area contributed by atoms with Gasteiger partial charge in [0.1, 0.15) is 0 Å². The Hall–Kier alpha value is -3.67. The van der Waals surface area contributed by atoms with E-state index in [1.54, 1.807) is 31.2 Å². The van der Waals surface area contributed by atoms with Gasteiger partial charge in [0.15, 0.2) is 0 Å². The number of hydrogen-bond donors (Lipinski definition) is 1. The normalized spacial score (nSPS) is 13.1. The number of nitrogens with zero attached hydrogens (tertiary/aromatic N) is 4. The molecule has 2 aromatic carbocycles. The fourth-order valence-electron chi connectivity index (χ4n) is 3.14. The molecule has 0 bridgehead atoms. The zero-order valence-corrected chi connectivity index (χ0v) is 18.0. The number of ether oxygens (including phenoxy) is 1. The number of fused-ring (bicyclic) bond motifs is 1. The maximum absolute atomic E-state index is 14.0. The SMILES string of the molecule is CCn1cncc1C(Oc1nc2ccccc2nc1NS(=O)(=O)c1ccccc1)C(F)(F)F. The van der Waals surface area contributed by atoms with Gasteiger partial charge in [-0.25, -0.2) is 23.4 Å². The number of nitrogens with one attached hydrogen (secondary N) is 1. The maximum Gasteiger partial charge on any atom is 0.431 e. The molecule has 12 heteroatoms. The zero-order valence-electron chi connectivity index (χ0n) is 17.2. The third kappa shape index (κ3) is 4.75. The molecule has 0 aliphatic heterocycles. The molecule has 0 aliphatic carbocycles. The van der Waals surface area contributed by atoms with Crippen molar-refractivity contribution < 1.29 is 26.3 Å². The van der Waals surface area contributed by atoms with Gasteiger partial charge in [-0.2, -0.15) is 13.2 Å². The number of halogens is 3. The van der Waals surface area contributed by atoms with Crippen LogP contribution in [0.5, 0.6) is 5.88 Å². The summed E-state index contributed by atoms with van der Waals surface area (Å²) in [6.07, 6.45) is -4.99. The molecule has 0 saturated heterocycles. The standard InChI is InChI=1S/C21H18F3N5O3S/c1-2-29-13-25-12-17(29)18(21(22,23)24)32-20-19(26-15-10-6-7-11-16(15)27-20)28-33(30,31)14-8-4-3-5-9-14/h3-13,18H,2H2,1H3,(H,26,28). The Balaban J connectivity index is 1.82. The third-order valence-electron chi connectivity index (χ3n) is 4.70. The highest BCUT2D eigenvalue weighted by Gasteiger charge is 2.45. The summed E-state index contributed by atoms with van der Waals surface area (Å²) in [5, 5.41) is 0. The Morgan fingerprint density at radius 2 is 1.67 bits per heavy atom. The minimum atomic E-state index is -4.84. The average molecular weight is 477 g/mol. The van der Waals surface area contributed by atoms with E-state index in [2.05, 4.69) is 19.7 Å². The smallest absolute Gasteiger partial charge is 0.431 e. The Kier molecular flexibility index (Phi) is 5.93. The molecule has 1 atom stereocenters. The monoisotopic (exact) mass is 477 g/mol. The molecule has 0 saturated carbocycles. The summed E-state index contributed by atoms with van der Waals surface area (Å²) in [7, 11) is -4.17. The highest BCUT2D eigenvalue weighted by molar-refractivity contribution is 7.92. The zero-order chi connectivity index (χ0) is 23.6. The van der Waals surface area contributed by atoms with E-state index < -0.39 is 34.0 Å². The minimum absolute atomic E-state index is 0.0951. The molecule has 0 spiro atoms. The van der Waals surface area contributed by atoms with Crippen molar-refractivity contribution in [1.29, 1.82) is 0 Å². The van der Waals surface area contributed by atoms with Gasteiger partial charge in [-0.3, -0.25) is 4.72 Å². The van der Waals surface area contributed by atoms with Gasteiger partial charge >= 0.3 is 6.18 Å². The number of aromatic nitrogens is 4. The van der Waals surface area contributed by atoms with E-state index in [1.807, 2.05) is 0 Å². The van der Waals surface area contributed by atoms with Gasteiger partial charge < -0.3 is 9.30 Å². The van der Waals surface area contributed by atoms with Crippen LogP contribution in [0.15, 0.2) is 72.0 Å². The Morgan fingerprint density at radius 1 is 1.03 bits per heavy atom. The van der Waals surface area contributed by atoms with E-state index in [0.717, 1.165) is 6.20 Å². The lowest BCUT2D eigenvalue weighted by Crippen LogP contribution is -2.29. The number of imidazole rings is 1. The number of hydrogen-bond acceptors (Lipinski definition) is 6. The summed E-state index contributed by atoms with van der Waals surface area (Å²) in [5.41, 5.74) is 0.259. The molecule has 0 radical (unpaired) electrons. The summed E-state index contributed by atoms with van der Waals surface area (Å²) in [6, 6.07) is 13.7. The first-order chi connectivity index (χ1) is 15.7. The molecular formula is C21H18F3N5O3S. The van der Waals surface area contributed by atoms with Crippen molar-refractivity contribution >= 4 is 26.9 Å². The van der Waals surface area contributed by atoms with Gasteiger partial charge in [0.05, 0.1) is 34.1 Å². The largest absolute Gasteiger partial charge is 0.455 e. The van der Waals surface area contributed by atoms with Gasteiger partial charge in [-0.1, -0.05) is 30.3 Å².